The van der Waals surface area contributed by atoms with E-state index in [4.69, 9.17) is 0 Å². The van der Waals surface area contributed by atoms with Crippen LogP contribution in [0.1, 0.15) is 30.8 Å². The molecule has 0 aromatic carbocycles. The number of hydrogen-bond acceptors (Lipinski definition) is 6. The number of rotatable bonds is 6. The molecule has 4 heterocycles. The second kappa shape index (κ2) is 8.96. The van der Waals surface area contributed by atoms with Crippen molar-refractivity contribution in [1.82, 2.24) is 24.7 Å². The smallest absolute Gasteiger partial charge is 0.159 e. The summed E-state index contributed by atoms with van der Waals surface area (Å²) in [4.78, 5) is 20.6. The van der Waals surface area contributed by atoms with Gasteiger partial charge in [0.05, 0.1) is 17.6 Å². The topological polar surface area (TPSA) is 70.7 Å². The van der Waals surface area contributed by atoms with E-state index in [1.807, 2.05) is 44.8 Å². The molecule has 0 radical (unpaired) electrons. The maximum Gasteiger partial charge on any atom is 0.159 e. The fraction of sp³-hybridized carbons (Fsp3) is 0.364. The quantitative estimate of drug-likeness (QED) is 0.656. The molecule has 0 unspecified atom stereocenters. The summed E-state index contributed by atoms with van der Waals surface area (Å²) in [5.74, 6) is 1.03. The predicted molar refractivity (Wildman–Crippen MR) is 118 cm³/mol. The van der Waals surface area contributed by atoms with Crippen LogP contribution in [0.15, 0.2) is 48.0 Å². The van der Waals surface area contributed by atoms with Crippen LogP contribution in [0.2, 0.25) is 0 Å². The minimum Gasteiger partial charge on any atom is -0.354 e. The summed E-state index contributed by atoms with van der Waals surface area (Å²) in [6, 6.07) is 4.23. The lowest BCUT2D eigenvalue weighted by atomic mass is 10.1. The SMILES string of the molecule is C/C=C(\C=NCC)c1cnc2c(Cc3ccnc(N4CCNCC4)c3)nccn12. The molecule has 7 nitrogen and oxygen atoms in total. The summed E-state index contributed by atoms with van der Waals surface area (Å²) in [5, 5.41) is 3.38. The van der Waals surface area contributed by atoms with E-state index in [0.29, 0.717) is 0 Å². The van der Waals surface area contributed by atoms with Gasteiger partial charge in [0.25, 0.3) is 0 Å². The molecule has 29 heavy (non-hydrogen) atoms. The van der Waals surface area contributed by atoms with Gasteiger partial charge >= 0.3 is 0 Å². The zero-order chi connectivity index (χ0) is 20.1. The third-order valence-corrected chi connectivity index (χ3v) is 5.14. The van der Waals surface area contributed by atoms with Crippen LogP contribution < -0.4 is 10.2 Å². The minimum absolute atomic E-state index is 0.719. The Labute approximate surface area is 171 Å². The van der Waals surface area contributed by atoms with Crippen molar-refractivity contribution < 1.29 is 0 Å². The van der Waals surface area contributed by atoms with Crippen molar-refractivity contribution in [1.29, 1.82) is 0 Å². The highest BCUT2D eigenvalue weighted by Gasteiger charge is 2.14. The van der Waals surface area contributed by atoms with Crippen LogP contribution in [-0.2, 0) is 6.42 Å². The molecule has 0 spiro atoms. The molecule has 0 bridgehead atoms. The lowest BCUT2D eigenvalue weighted by molar-refractivity contribution is 0.585. The van der Waals surface area contributed by atoms with Crippen molar-refractivity contribution in [3.8, 4) is 0 Å². The molecule has 0 amide bonds. The Morgan fingerprint density at radius 1 is 1.21 bits per heavy atom. The van der Waals surface area contributed by atoms with Crippen LogP contribution in [0.5, 0.6) is 0 Å². The largest absolute Gasteiger partial charge is 0.354 e. The number of fused-ring (bicyclic) bond motifs is 1. The third-order valence-electron chi connectivity index (χ3n) is 5.14. The van der Waals surface area contributed by atoms with Gasteiger partial charge in [-0.3, -0.25) is 14.4 Å². The van der Waals surface area contributed by atoms with Gasteiger partial charge in [0.1, 0.15) is 5.82 Å². The highest BCUT2D eigenvalue weighted by atomic mass is 15.2. The number of aromatic nitrogens is 4. The Morgan fingerprint density at radius 2 is 2.07 bits per heavy atom. The summed E-state index contributed by atoms with van der Waals surface area (Å²) in [6.45, 7) is 8.78. The first kappa shape index (κ1) is 19.3. The van der Waals surface area contributed by atoms with Gasteiger partial charge in [0.2, 0.25) is 0 Å². The van der Waals surface area contributed by atoms with E-state index in [1.165, 1.54) is 5.56 Å². The monoisotopic (exact) mass is 389 g/mol. The van der Waals surface area contributed by atoms with E-state index in [0.717, 1.165) is 67.6 Å². The number of aliphatic imine (C=N–C) groups is 1. The minimum atomic E-state index is 0.719. The molecule has 1 aliphatic rings. The summed E-state index contributed by atoms with van der Waals surface area (Å²) in [5.41, 5.74) is 5.12. The van der Waals surface area contributed by atoms with Gasteiger partial charge < -0.3 is 10.2 Å². The first-order chi connectivity index (χ1) is 14.3. The molecule has 1 saturated heterocycles. The van der Waals surface area contributed by atoms with Crippen LogP contribution in [0.25, 0.3) is 11.2 Å². The molecule has 0 saturated carbocycles. The Morgan fingerprint density at radius 3 is 2.86 bits per heavy atom. The van der Waals surface area contributed by atoms with Gasteiger partial charge in [0, 0.05) is 69.5 Å². The van der Waals surface area contributed by atoms with Crippen LogP contribution in [-0.4, -0.2) is 58.3 Å². The first-order valence-corrected chi connectivity index (χ1v) is 10.2. The van der Waals surface area contributed by atoms with E-state index < -0.39 is 0 Å². The summed E-state index contributed by atoms with van der Waals surface area (Å²) in [7, 11) is 0. The maximum absolute atomic E-state index is 4.67. The number of piperazine rings is 1. The van der Waals surface area contributed by atoms with Crippen LogP contribution in [0.3, 0.4) is 0 Å². The van der Waals surface area contributed by atoms with E-state index in [2.05, 4.69) is 52.8 Å². The molecule has 3 aromatic heterocycles. The molecule has 1 N–H and O–H groups in total. The van der Waals surface area contributed by atoms with Gasteiger partial charge in [-0.05, 0) is 31.5 Å². The summed E-state index contributed by atoms with van der Waals surface area (Å²) in [6.07, 6.45) is 12.3. The maximum atomic E-state index is 4.67. The third kappa shape index (κ3) is 4.19. The second-order valence-electron chi connectivity index (χ2n) is 7.02. The van der Waals surface area contributed by atoms with E-state index in [1.54, 1.807) is 0 Å². The fourth-order valence-electron chi connectivity index (χ4n) is 3.62. The molecule has 1 aliphatic heterocycles. The van der Waals surface area contributed by atoms with Crippen molar-refractivity contribution >= 4 is 23.3 Å². The number of allylic oxidation sites excluding steroid dienone is 2. The standard InChI is InChI=1S/C22H27N7/c1-3-18(15-23-4-2)20-16-27-22-19(25-9-12-29(20)22)13-17-5-6-26-21(14-17)28-10-7-24-8-11-28/h3,5-6,9,12,14-16,24H,4,7-8,10-11,13H2,1-2H3/b18-3+,23-15?. The van der Waals surface area contributed by atoms with Crippen LogP contribution in [0.4, 0.5) is 5.82 Å². The molecule has 4 rings (SSSR count). The lowest BCUT2D eigenvalue weighted by Crippen LogP contribution is -2.43. The van der Waals surface area contributed by atoms with Crippen molar-refractivity contribution in [3.05, 3.63) is 59.9 Å². The Bertz CT molecular complexity index is 1030. The molecule has 3 aromatic rings. The van der Waals surface area contributed by atoms with Gasteiger partial charge in [-0.2, -0.15) is 0 Å². The predicted octanol–water partition coefficient (Wildman–Crippen LogP) is 2.62. The zero-order valence-corrected chi connectivity index (χ0v) is 17.0. The average Bonchev–Trinajstić information content (AvgIpc) is 3.20. The number of nitrogens with one attached hydrogen (secondary N) is 1. The number of imidazole rings is 1. The average molecular weight is 390 g/mol. The molecule has 0 atom stereocenters. The van der Waals surface area contributed by atoms with E-state index in [9.17, 15) is 0 Å². The number of pyridine rings is 1. The lowest BCUT2D eigenvalue weighted by Gasteiger charge is -2.28. The Balaban J connectivity index is 1.63. The fourth-order valence-corrected chi connectivity index (χ4v) is 3.62. The zero-order valence-electron chi connectivity index (χ0n) is 17.0. The molecule has 150 valence electrons. The number of nitrogens with zero attached hydrogens (tertiary/aromatic N) is 6. The van der Waals surface area contributed by atoms with Gasteiger partial charge in [-0.15, -0.1) is 0 Å². The molecular formula is C22H27N7. The number of hydrogen-bond donors (Lipinski definition) is 1. The van der Waals surface area contributed by atoms with Crippen molar-refractivity contribution in [3.63, 3.8) is 0 Å². The first-order valence-electron chi connectivity index (χ1n) is 10.2. The molecule has 7 heteroatoms. The highest BCUT2D eigenvalue weighted by Crippen LogP contribution is 2.20. The van der Waals surface area contributed by atoms with Crippen molar-refractivity contribution in [2.75, 3.05) is 37.6 Å². The van der Waals surface area contributed by atoms with Gasteiger partial charge in [-0.25, -0.2) is 9.97 Å². The molecule has 1 fully saturated rings. The van der Waals surface area contributed by atoms with E-state index >= 15 is 0 Å². The van der Waals surface area contributed by atoms with Crippen molar-refractivity contribution in [2.45, 2.75) is 20.3 Å². The molecule has 0 aliphatic carbocycles. The molecular weight excluding hydrogens is 362 g/mol. The summed E-state index contributed by atoms with van der Waals surface area (Å²) < 4.78 is 2.09. The van der Waals surface area contributed by atoms with Gasteiger partial charge in [-0.1, -0.05) is 6.08 Å². The summed E-state index contributed by atoms with van der Waals surface area (Å²) >= 11 is 0. The van der Waals surface area contributed by atoms with E-state index in [-0.39, 0.29) is 0 Å². The van der Waals surface area contributed by atoms with Crippen molar-refractivity contribution in [2.24, 2.45) is 4.99 Å². The normalized spacial score (nSPS) is 15.5. The second-order valence-corrected chi connectivity index (χ2v) is 7.02. The van der Waals surface area contributed by atoms with Gasteiger partial charge in [0.15, 0.2) is 5.65 Å². The van der Waals surface area contributed by atoms with Crippen LogP contribution >= 0.6 is 0 Å². The van der Waals surface area contributed by atoms with Crippen LogP contribution in [0, 0.1) is 0 Å². The Hall–Kier alpha value is -3.06. The number of anilines is 1. The Kier molecular flexibility index (Phi) is 5.95. The highest BCUT2D eigenvalue weighted by molar-refractivity contribution is 6.09.